The Morgan fingerprint density at radius 2 is 1.94 bits per heavy atom. The predicted molar refractivity (Wildman–Crippen MR) is 72.4 cm³/mol. The van der Waals surface area contributed by atoms with Crippen LogP contribution in [0.1, 0.15) is 25.7 Å². The fourth-order valence-corrected chi connectivity index (χ4v) is 2.59. The van der Waals surface area contributed by atoms with Gasteiger partial charge in [0.2, 0.25) is 0 Å². The lowest BCUT2D eigenvalue weighted by Crippen LogP contribution is -2.30. The van der Waals surface area contributed by atoms with Gasteiger partial charge < -0.3 is 4.74 Å². The molecule has 1 aliphatic rings. The third-order valence-corrected chi connectivity index (χ3v) is 3.58. The van der Waals surface area contributed by atoms with Crippen molar-refractivity contribution in [1.82, 2.24) is 4.98 Å². The van der Waals surface area contributed by atoms with Crippen LogP contribution in [-0.4, -0.2) is 10.6 Å². The summed E-state index contributed by atoms with van der Waals surface area (Å²) in [5.41, 5.74) is 0.466. The fraction of sp³-hybridized carbons (Fsp3) is 0.312. The first kappa shape index (κ1) is 11.1. The van der Waals surface area contributed by atoms with E-state index in [0.29, 0.717) is 0 Å². The van der Waals surface area contributed by atoms with Crippen molar-refractivity contribution in [3.05, 3.63) is 36.5 Å². The molecule has 1 fully saturated rings. The molecule has 0 radical (unpaired) electrons. The van der Waals surface area contributed by atoms with Crippen molar-refractivity contribution in [1.29, 1.82) is 0 Å². The molecule has 18 heavy (non-hydrogen) atoms. The Morgan fingerprint density at radius 1 is 1.17 bits per heavy atom. The Hall–Kier alpha value is -2.01. The van der Waals surface area contributed by atoms with Crippen LogP contribution < -0.4 is 4.74 Å². The van der Waals surface area contributed by atoms with Gasteiger partial charge >= 0.3 is 0 Å². The largest absolute Gasteiger partial charge is 0.472 e. The summed E-state index contributed by atoms with van der Waals surface area (Å²) in [6.07, 6.45) is 11.6. The van der Waals surface area contributed by atoms with E-state index >= 15 is 0 Å². The molecule has 0 amide bonds. The average molecular weight is 237 g/mol. The molecular formula is C16H15NO. The number of pyridine rings is 1. The van der Waals surface area contributed by atoms with Crippen LogP contribution in [0.4, 0.5) is 0 Å². The Bertz CT molecular complexity index is 601. The first-order chi connectivity index (χ1) is 8.83. The summed E-state index contributed by atoms with van der Waals surface area (Å²) in [5, 5.41) is 1.08. The first-order valence-corrected chi connectivity index (χ1v) is 6.34. The number of para-hydroxylation sites is 1. The number of benzene rings is 1. The zero-order chi connectivity index (χ0) is 12.4. The monoisotopic (exact) mass is 237 g/mol. The van der Waals surface area contributed by atoms with Gasteiger partial charge in [-0.2, -0.15) is 0 Å². The molecular weight excluding hydrogens is 222 g/mol. The van der Waals surface area contributed by atoms with Crippen molar-refractivity contribution in [2.75, 3.05) is 0 Å². The minimum absolute atomic E-state index is 0.425. The van der Waals surface area contributed by atoms with Gasteiger partial charge in [0.1, 0.15) is 11.3 Å². The van der Waals surface area contributed by atoms with Gasteiger partial charge in [-0.15, -0.1) is 6.42 Å². The van der Waals surface area contributed by atoms with Crippen LogP contribution in [0, 0.1) is 12.3 Å². The van der Waals surface area contributed by atoms with Crippen LogP contribution in [-0.2, 0) is 0 Å². The molecule has 1 aliphatic carbocycles. The van der Waals surface area contributed by atoms with Gasteiger partial charge in [-0.05, 0) is 37.8 Å². The lowest BCUT2D eigenvalue weighted by Gasteiger charge is -2.24. The van der Waals surface area contributed by atoms with Gasteiger partial charge in [-0.1, -0.05) is 24.1 Å². The van der Waals surface area contributed by atoms with E-state index < -0.39 is 5.60 Å². The fourth-order valence-electron chi connectivity index (χ4n) is 2.59. The minimum atomic E-state index is -0.425. The molecule has 2 nitrogen and oxygen atoms in total. The third-order valence-electron chi connectivity index (χ3n) is 3.58. The highest BCUT2D eigenvalue weighted by atomic mass is 16.5. The zero-order valence-corrected chi connectivity index (χ0v) is 10.2. The van der Waals surface area contributed by atoms with Gasteiger partial charge in [-0.25, -0.2) is 0 Å². The second kappa shape index (κ2) is 4.34. The standard InChI is InChI=1S/C16H15NO/c1-2-16(10-3-4-11-16)18-14-9-5-7-13-8-6-12-17-15(13)14/h1,5-9,12H,3-4,10-11H2. The Labute approximate surface area is 107 Å². The Morgan fingerprint density at radius 3 is 2.72 bits per heavy atom. The number of nitrogens with zero attached hydrogens (tertiary/aromatic N) is 1. The van der Waals surface area contributed by atoms with E-state index in [9.17, 15) is 0 Å². The summed E-state index contributed by atoms with van der Waals surface area (Å²) in [4.78, 5) is 4.40. The quantitative estimate of drug-likeness (QED) is 0.745. The maximum absolute atomic E-state index is 6.13. The van der Waals surface area contributed by atoms with Crippen LogP contribution in [0.5, 0.6) is 5.75 Å². The summed E-state index contributed by atoms with van der Waals surface area (Å²) in [5.74, 6) is 3.64. The Kier molecular flexibility index (Phi) is 2.68. The highest BCUT2D eigenvalue weighted by Crippen LogP contribution is 2.36. The number of aromatic nitrogens is 1. The van der Waals surface area contributed by atoms with Gasteiger partial charge in [0, 0.05) is 11.6 Å². The average Bonchev–Trinajstić information content (AvgIpc) is 2.88. The molecule has 0 bridgehead atoms. The summed E-state index contributed by atoms with van der Waals surface area (Å²) < 4.78 is 6.13. The second-order valence-electron chi connectivity index (χ2n) is 4.78. The number of fused-ring (bicyclic) bond motifs is 1. The van der Waals surface area contributed by atoms with Crippen LogP contribution in [0.25, 0.3) is 10.9 Å². The molecule has 0 aliphatic heterocycles. The topological polar surface area (TPSA) is 22.1 Å². The molecule has 0 saturated heterocycles. The van der Waals surface area contributed by atoms with E-state index in [2.05, 4.69) is 10.9 Å². The number of rotatable bonds is 2. The van der Waals surface area contributed by atoms with Gasteiger partial charge in [0.25, 0.3) is 0 Å². The maximum atomic E-state index is 6.13. The van der Waals surface area contributed by atoms with E-state index in [4.69, 9.17) is 11.2 Å². The molecule has 2 heteroatoms. The van der Waals surface area contributed by atoms with Crippen molar-refractivity contribution in [3.8, 4) is 18.1 Å². The lowest BCUT2D eigenvalue weighted by molar-refractivity contribution is 0.140. The number of hydrogen-bond donors (Lipinski definition) is 0. The van der Waals surface area contributed by atoms with Crippen LogP contribution in [0.3, 0.4) is 0 Å². The summed E-state index contributed by atoms with van der Waals surface area (Å²) in [6.45, 7) is 0. The highest BCUT2D eigenvalue weighted by molar-refractivity contribution is 5.84. The normalized spacial score (nSPS) is 17.5. The van der Waals surface area contributed by atoms with Crippen molar-refractivity contribution >= 4 is 10.9 Å². The maximum Gasteiger partial charge on any atom is 0.169 e. The van der Waals surface area contributed by atoms with E-state index in [1.54, 1.807) is 6.20 Å². The molecule has 0 N–H and O–H groups in total. The lowest BCUT2D eigenvalue weighted by atomic mass is 10.0. The Balaban J connectivity index is 2.03. The molecule has 1 aromatic heterocycles. The smallest absolute Gasteiger partial charge is 0.169 e. The van der Waals surface area contributed by atoms with E-state index in [0.717, 1.165) is 42.3 Å². The second-order valence-corrected chi connectivity index (χ2v) is 4.78. The molecule has 0 atom stereocenters. The first-order valence-electron chi connectivity index (χ1n) is 6.34. The summed E-state index contributed by atoms with van der Waals surface area (Å²) in [7, 11) is 0. The SMILES string of the molecule is C#CC1(Oc2cccc3cccnc23)CCCC1. The van der Waals surface area contributed by atoms with Gasteiger partial charge in [0.05, 0.1) is 0 Å². The van der Waals surface area contributed by atoms with Crippen LogP contribution in [0.15, 0.2) is 36.5 Å². The minimum Gasteiger partial charge on any atom is -0.472 e. The van der Waals surface area contributed by atoms with Crippen LogP contribution in [0.2, 0.25) is 0 Å². The van der Waals surface area contributed by atoms with Gasteiger partial charge in [0.15, 0.2) is 5.60 Å². The number of terminal acetylenes is 1. The van der Waals surface area contributed by atoms with E-state index in [-0.39, 0.29) is 0 Å². The number of hydrogen-bond acceptors (Lipinski definition) is 2. The molecule has 0 unspecified atom stereocenters. The molecule has 1 heterocycles. The van der Waals surface area contributed by atoms with E-state index in [1.165, 1.54) is 0 Å². The van der Waals surface area contributed by atoms with Crippen LogP contribution >= 0.6 is 0 Å². The molecule has 2 aromatic rings. The predicted octanol–water partition coefficient (Wildman–Crippen LogP) is 3.56. The van der Waals surface area contributed by atoms with Crippen molar-refractivity contribution < 1.29 is 4.74 Å². The van der Waals surface area contributed by atoms with Gasteiger partial charge in [-0.3, -0.25) is 4.98 Å². The molecule has 0 spiro atoms. The molecule has 1 saturated carbocycles. The van der Waals surface area contributed by atoms with E-state index in [1.807, 2.05) is 30.3 Å². The molecule has 1 aromatic carbocycles. The third kappa shape index (κ3) is 1.82. The van der Waals surface area contributed by atoms with Crippen molar-refractivity contribution in [3.63, 3.8) is 0 Å². The highest BCUT2D eigenvalue weighted by Gasteiger charge is 2.34. The summed E-state index contributed by atoms with van der Waals surface area (Å²) in [6, 6.07) is 9.93. The summed E-state index contributed by atoms with van der Waals surface area (Å²) >= 11 is 0. The zero-order valence-electron chi connectivity index (χ0n) is 10.2. The number of ether oxygens (including phenoxy) is 1. The molecule has 3 rings (SSSR count). The molecule has 90 valence electrons. The van der Waals surface area contributed by atoms with Crippen molar-refractivity contribution in [2.24, 2.45) is 0 Å². The van der Waals surface area contributed by atoms with Crippen molar-refractivity contribution in [2.45, 2.75) is 31.3 Å².